The molecule has 0 N–H and O–H groups in total. The molecule has 0 aromatic heterocycles. The molecule has 0 saturated carbocycles. The van der Waals surface area contributed by atoms with Crippen LogP contribution in [0.3, 0.4) is 0 Å². The largest absolute Gasteiger partial charge is 0.0667 e. The van der Waals surface area contributed by atoms with Gasteiger partial charge in [-0.25, -0.2) is 0 Å². The molecule has 2 unspecified atom stereocenters. The van der Waals surface area contributed by atoms with Crippen molar-refractivity contribution in [3.05, 3.63) is 117 Å². The van der Waals surface area contributed by atoms with Gasteiger partial charge in [-0.15, -0.1) is 0 Å². The molecule has 0 radical (unpaired) electrons. The molecule has 4 aromatic rings. The summed E-state index contributed by atoms with van der Waals surface area (Å²) < 4.78 is 0. The Labute approximate surface area is 265 Å². The zero-order valence-corrected chi connectivity index (χ0v) is 28.3. The maximum atomic E-state index is 2.60. The summed E-state index contributed by atoms with van der Waals surface area (Å²) in [5.41, 5.74) is 20.3. The van der Waals surface area contributed by atoms with E-state index in [0.29, 0.717) is 23.7 Å². The van der Waals surface area contributed by atoms with Crippen molar-refractivity contribution in [1.29, 1.82) is 0 Å². The van der Waals surface area contributed by atoms with E-state index in [1.807, 2.05) is 0 Å². The van der Waals surface area contributed by atoms with Crippen LogP contribution in [0.15, 0.2) is 77.9 Å². The van der Waals surface area contributed by atoms with E-state index in [-0.39, 0.29) is 10.8 Å². The highest BCUT2D eigenvalue weighted by atomic mass is 14.6. The number of hydrogen-bond acceptors (Lipinski definition) is 0. The third-order valence-corrected chi connectivity index (χ3v) is 12.2. The molecule has 8 rings (SSSR count). The first kappa shape index (κ1) is 28.1. The second-order valence-electron chi connectivity index (χ2n) is 16.0. The predicted molar refractivity (Wildman–Crippen MR) is 189 cm³/mol. The van der Waals surface area contributed by atoms with Gasteiger partial charge >= 0.3 is 0 Å². The molecule has 0 heteroatoms. The van der Waals surface area contributed by atoms with Gasteiger partial charge in [0.2, 0.25) is 0 Å². The maximum Gasteiger partial charge on any atom is 0.0264 e. The van der Waals surface area contributed by atoms with Crippen LogP contribution >= 0.6 is 0 Å². The van der Waals surface area contributed by atoms with Crippen LogP contribution in [0.2, 0.25) is 0 Å². The van der Waals surface area contributed by atoms with Crippen LogP contribution < -0.4 is 0 Å². The van der Waals surface area contributed by atoms with Gasteiger partial charge in [-0.05, 0) is 116 Å². The third-order valence-electron chi connectivity index (χ3n) is 12.2. The van der Waals surface area contributed by atoms with Crippen molar-refractivity contribution in [2.45, 2.75) is 92.4 Å². The monoisotopic (exact) mass is 576 g/mol. The Morgan fingerprint density at radius 2 is 1.50 bits per heavy atom. The number of aryl methyl sites for hydroxylation is 1. The molecule has 2 atom stereocenters. The lowest BCUT2D eigenvalue weighted by Crippen LogP contribution is -2.38. The lowest BCUT2D eigenvalue weighted by Gasteiger charge is -2.46. The minimum Gasteiger partial charge on any atom is -0.0667 e. The smallest absolute Gasteiger partial charge is 0.0264 e. The van der Waals surface area contributed by atoms with Crippen molar-refractivity contribution in [2.24, 2.45) is 23.7 Å². The fourth-order valence-electron chi connectivity index (χ4n) is 10.4. The summed E-state index contributed by atoms with van der Waals surface area (Å²) in [4.78, 5) is 0. The first-order valence-corrected chi connectivity index (χ1v) is 17.2. The quantitative estimate of drug-likeness (QED) is 0.213. The highest BCUT2D eigenvalue weighted by molar-refractivity contribution is 6.11. The summed E-state index contributed by atoms with van der Waals surface area (Å²) in [7, 11) is 0. The van der Waals surface area contributed by atoms with Crippen molar-refractivity contribution in [3.8, 4) is 11.1 Å². The zero-order valence-electron chi connectivity index (χ0n) is 28.3. The fraction of sp³-hybridized carbons (Fsp3) is 0.409. The Morgan fingerprint density at radius 3 is 2.23 bits per heavy atom. The van der Waals surface area contributed by atoms with Gasteiger partial charge in [-0.3, -0.25) is 0 Å². The number of hydrogen-bond donors (Lipinski definition) is 0. The minimum absolute atomic E-state index is 0.00296. The van der Waals surface area contributed by atoms with Crippen LogP contribution in [0.1, 0.15) is 107 Å². The summed E-state index contributed by atoms with van der Waals surface area (Å²) in [5.74, 6) is 2.31. The molecule has 4 aromatic carbocycles. The lowest BCUT2D eigenvalue weighted by atomic mass is 9.57. The first-order valence-electron chi connectivity index (χ1n) is 17.2. The Morgan fingerprint density at radius 1 is 0.750 bits per heavy atom. The normalized spacial score (nSPS) is 22.9. The predicted octanol–water partition coefficient (Wildman–Crippen LogP) is 11.8. The van der Waals surface area contributed by atoms with Crippen molar-refractivity contribution in [1.82, 2.24) is 0 Å². The van der Waals surface area contributed by atoms with E-state index in [1.165, 1.54) is 45.0 Å². The van der Waals surface area contributed by atoms with Crippen molar-refractivity contribution >= 4 is 21.9 Å². The van der Waals surface area contributed by atoms with E-state index < -0.39 is 0 Å². The van der Waals surface area contributed by atoms with Crippen LogP contribution in [0, 0.1) is 30.6 Å². The van der Waals surface area contributed by atoms with Gasteiger partial charge in [0.15, 0.2) is 0 Å². The van der Waals surface area contributed by atoms with E-state index in [0.717, 1.165) is 12.8 Å². The van der Waals surface area contributed by atoms with E-state index in [4.69, 9.17) is 0 Å². The summed E-state index contributed by atoms with van der Waals surface area (Å²) >= 11 is 0. The highest BCUT2D eigenvalue weighted by Crippen LogP contribution is 2.66. The molecule has 44 heavy (non-hydrogen) atoms. The minimum atomic E-state index is -0.0136. The molecule has 0 saturated heterocycles. The second-order valence-corrected chi connectivity index (χ2v) is 16.0. The van der Waals surface area contributed by atoms with Crippen molar-refractivity contribution < 1.29 is 0 Å². The van der Waals surface area contributed by atoms with E-state index >= 15 is 0 Å². The van der Waals surface area contributed by atoms with Crippen LogP contribution in [0.25, 0.3) is 33.0 Å². The molecule has 0 bridgehead atoms. The van der Waals surface area contributed by atoms with E-state index in [2.05, 4.69) is 129 Å². The Hall–Kier alpha value is -3.38. The SMILES string of the molecule is Cc1ccc2c3c(ccc2c1)-c1c(ccc2c1C1=C(c4ccccc4C1)C2(C)C)C31CC(C(C)C)=C(C(C)C)C(C(C)C)C1. The Balaban J connectivity index is 1.49. The Bertz CT molecular complexity index is 1950. The van der Waals surface area contributed by atoms with Gasteiger partial charge < -0.3 is 0 Å². The molecule has 0 amide bonds. The maximum absolute atomic E-state index is 2.60. The van der Waals surface area contributed by atoms with Gasteiger partial charge in [0, 0.05) is 10.8 Å². The van der Waals surface area contributed by atoms with Crippen LogP contribution in [-0.4, -0.2) is 0 Å². The number of fused-ring (bicyclic) bond motifs is 12. The molecule has 0 aliphatic heterocycles. The van der Waals surface area contributed by atoms with Crippen molar-refractivity contribution in [3.63, 3.8) is 0 Å². The lowest BCUT2D eigenvalue weighted by molar-refractivity contribution is 0.277. The standard InChI is InChI=1S/C44H48/c1-24(2)34-22-44(23-35(25(3)4)38(34)26(5)6)37-19-18-36-40(33-21-28-12-10-11-13-30(28)41(33)43(36,8)9)39(37)32-17-15-29-20-27(7)14-16-31(29)42(32)44/h10-20,24-26,34H,21-23H2,1-9H3. The molecule has 1 spiro atoms. The van der Waals surface area contributed by atoms with Crippen LogP contribution in [-0.2, 0) is 17.3 Å². The molecule has 4 aliphatic rings. The Kier molecular flexibility index (Phi) is 5.96. The molecule has 4 aliphatic carbocycles. The van der Waals surface area contributed by atoms with Gasteiger partial charge in [0.25, 0.3) is 0 Å². The topological polar surface area (TPSA) is 0 Å². The average molecular weight is 577 g/mol. The van der Waals surface area contributed by atoms with Gasteiger partial charge in [0.1, 0.15) is 0 Å². The molecular weight excluding hydrogens is 528 g/mol. The number of benzene rings is 4. The summed E-state index contributed by atoms with van der Waals surface area (Å²) in [6.45, 7) is 21.9. The van der Waals surface area contributed by atoms with Gasteiger partial charge in [-0.1, -0.05) is 139 Å². The second kappa shape index (κ2) is 9.32. The summed E-state index contributed by atoms with van der Waals surface area (Å²) in [6.07, 6.45) is 3.40. The number of allylic oxidation sites excluding steroid dienone is 4. The fourth-order valence-corrected chi connectivity index (χ4v) is 10.4. The average Bonchev–Trinajstić information content (AvgIpc) is 3.57. The van der Waals surface area contributed by atoms with Gasteiger partial charge in [0.05, 0.1) is 0 Å². The van der Waals surface area contributed by atoms with Crippen LogP contribution in [0.4, 0.5) is 0 Å². The molecular formula is C44H48. The van der Waals surface area contributed by atoms with E-state index in [1.54, 1.807) is 44.5 Å². The van der Waals surface area contributed by atoms with E-state index in [9.17, 15) is 0 Å². The summed E-state index contributed by atoms with van der Waals surface area (Å²) in [5, 5.41) is 2.87. The van der Waals surface area contributed by atoms with Gasteiger partial charge in [-0.2, -0.15) is 0 Å². The summed E-state index contributed by atoms with van der Waals surface area (Å²) in [6, 6.07) is 26.5. The van der Waals surface area contributed by atoms with Crippen molar-refractivity contribution in [2.75, 3.05) is 0 Å². The highest BCUT2D eigenvalue weighted by Gasteiger charge is 2.53. The third kappa shape index (κ3) is 3.52. The zero-order chi connectivity index (χ0) is 30.9. The first-order chi connectivity index (χ1) is 21.0. The number of rotatable bonds is 3. The molecule has 0 nitrogen and oxygen atoms in total. The molecule has 0 heterocycles. The molecule has 224 valence electrons. The van der Waals surface area contributed by atoms with Crippen LogP contribution in [0.5, 0.6) is 0 Å². The molecule has 0 fully saturated rings.